The van der Waals surface area contributed by atoms with E-state index in [0.29, 0.717) is 0 Å². The van der Waals surface area contributed by atoms with Crippen LogP contribution >= 0.6 is 0 Å². The van der Waals surface area contributed by atoms with E-state index in [2.05, 4.69) is 15.5 Å². The number of ether oxygens (including phenoxy) is 1. The largest absolute Gasteiger partial charge is 0.496 e. The van der Waals surface area contributed by atoms with Gasteiger partial charge in [0, 0.05) is 17.8 Å². The molecule has 1 aromatic heterocycles. The number of anilines is 1. The third-order valence-electron chi connectivity index (χ3n) is 2.68. The lowest BCUT2D eigenvalue weighted by Crippen LogP contribution is -2.08. The zero-order valence-corrected chi connectivity index (χ0v) is 8.37. The van der Waals surface area contributed by atoms with Crippen molar-refractivity contribution in [3.05, 3.63) is 30.0 Å². The number of aromatic amines is 1. The molecule has 76 valence electrons. The number of hydrogen-bond donors (Lipinski definition) is 2. The fraction of sp³-hybridized carbons (Fsp3) is 0.182. The Hall–Kier alpha value is -1.97. The molecule has 0 saturated heterocycles. The Labute approximate surface area is 87.3 Å². The number of methoxy groups -OCH3 is 1. The monoisotopic (exact) mass is 201 g/mol. The molecule has 1 aliphatic heterocycles. The van der Waals surface area contributed by atoms with Crippen LogP contribution in [0.3, 0.4) is 0 Å². The number of aromatic nitrogens is 2. The summed E-state index contributed by atoms with van der Waals surface area (Å²) in [6.45, 7) is 0.812. The van der Waals surface area contributed by atoms with E-state index in [-0.39, 0.29) is 0 Å². The number of nitrogens with zero attached hydrogens (tertiary/aromatic N) is 1. The summed E-state index contributed by atoms with van der Waals surface area (Å²) in [5, 5.41) is 10.4. The molecule has 0 bridgehead atoms. The highest BCUT2D eigenvalue weighted by Crippen LogP contribution is 2.40. The summed E-state index contributed by atoms with van der Waals surface area (Å²) in [6.07, 6.45) is 1.84. The first kappa shape index (κ1) is 8.35. The van der Waals surface area contributed by atoms with Gasteiger partial charge < -0.3 is 10.1 Å². The molecule has 0 unspecified atom stereocenters. The van der Waals surface area contributed by atoms with E-state index in [1.54, 1.807) is 7.11 Å². The van der Waals surface area contributed by atoms with Gasteiger partial charge in [0.1, 0.15) is 5.75 Å². The summed E-state index contributed by atoms with van der Waals surface area (Å²) in [4.78, 5) is 0. The van der Waals surface area contributed by atoms with Crippen molar-refractivity contribution in [2.45, 2.75) is 6.54 Å². The second-order valence-electron chi connectivity index (χ2n) is 3.51. The van der Waals surface area contributed by atoms with Crippen LogP contribution in [0.5, 0.6) is 5.75 Å². The highest BCUT2D eigenvalue weighted by atomic mass is 16.5. The van der Waals surface area contributed by atoms with Crippen LogP contribution in [0.15, 0.2) is 24.4 Å². The molecular formula is C11H11N3O. The van der Waals surface area contributed by atoms with Gasteiger partial charge in [0.25, 0.3) is 0 Å². The maximum Gasteiger partial charge on any atom is 0.130 e. The molecule has 2 heterocycles. The first-order valence-corrected chi connectivity index (χ1v) is 4.83. The third-order valence-corrected chi connectivity index (χ3v) is 2.68. The molecule has 2 N–H and O–H groups in total. The van der Waals surface area contributed by atoms with Gasteiger partial charge in [-0.05, 0) is 12.1 Å². The summed E-state index contributed by atoms with van der Waals surface area (Å²) in [7, 11) is 1.68. The standard InChI is InChI=1S/C11H11N3O/c1-15-9-4-2-3-8-10(9)11-7(5-12-8)6-13-14-11/h2-4,6,12H,5H2,1H3,(H,13,14). The highest BCUT2D eigenvalue weighted by molar-refractivity contribution is 5.85. The summed E-state index contributed by atoms with van der Waals surface area (Å²) in [6, 6.07) is 5.98. The van der Waals surface area contributed by atoms with Crippen molar-refractivity contribution in [1.29, 1.82) is 0 Å². The Bertz CT molecular complexity index is 490. The molecule has 3 rings (SSSR count). The topological polar surface area (TPSA) is 49.9 Å². The second kappa shape index (κ2) is 3.02. The second-order valence-corrected chi connectivity index (χ2v) is 3.51. The van der Waals surface area contributed by atoms with Crippen LogP contribution in [-0.4, -0.2) is 17.3 Å². The van der Waals surface area contributed by atoms with E-state index in [4.69, 9.17) is 4.74 Å². The molecule has 0 atom stereocenters. The van der Waals surface area contributed by atoms with Crippen LogP contribution in [0.4, 0.5) is 5.69 Å². The maximum atomic E-state index is 5.35. The van der Waals surface area contributed by atoms with Crippen molar-refractivity contribution in [2.75, 3.05) is 12.4 Å². The minimum atomic E-state index is 0.812. The minimum absolute atomic E-state index is 0.812. The van der Waals surface area contributed by atoms with E-state index >= 15 is 0 Å². The van der Waals surface area contributed by atoms with Gasteiger partial charge in [-0.15, -0.1) is 0 Å². The number of H-pyrrole nitrogens is 1. The van der Waals surface area contributed by atoms with Gasteiger partial charge in [-0.1, -0.05) is 6.07 Å². The zero-order valence-electron chi connectivity index (χ0n) is 8.37. The van der Waals surface area contributed by atoms with Gasteiger partial charge in [-0.25, -0.2) is 0 Å². The normalized spacial score (nSPS) is 12.6. The van der Waals surface area contributed by atoms with Gasteiger partial charge in [0.2, 0.25) is 0 Å². The van der Waals surface area contributed by atoms with Gasteiger partial charge >= 0.3 is 0 Å². The van der Waals surface area contributed by atoms with Crippen molar-refractivity contribution >= 4 is 5.69 Å². The van der Waals surface area contributed by atoms with E-state index < -0.39 is 0 Å². The average molecular weight is 201 g/mol. The Kier molecular flexibility index (Phi) is 1.68. The van der Waals surface area contributed by atoms with Crippen molar-refractivity contribution in [2.24, 2.45) is 0 Å². The SMILES string of the molecule is COc1cccc2c1-c1[nH]ncc1CN2. The molecular weight excluding hydrogens is 190 g/mol. The average Bonchev–Trinajstić information content (AvgIpc) is 2.76. The van der Waals surface area contributed by atoms with Crippen LogP contribution in [0.1, 0.15) is 5.56 Å². The molecule has 1 aromatic carbocycles. The first-order valence-electron chi connectivity index (χ1n) is 4.83. The molecule has 0 saturated carbocycles. The summed E-state index contributed by atoms with van der Waals surface area (Å²) < 4.78 is 5.35. The molecule has 0 fully saturated rings. The van der Waals surface area contributed by atoms with E-state index in [0.717, 1.165) is 29.2 Å². The molecule has 0 radical (unpaired) electrons. The van der Waals surface area contributed by atoms with E-state index in [1.165, 1.54) is 5.56 Å². The first-order chi connectivity index (χ1) is 7.40. The zero-order chi connectivity index (χ0) is 10.3. The molecule has 0 aliphatic carbocycles. The molecule has 0 spiro atoms. The predicted molar refractivity (Wildman–Crippen MR) is 57.9 cm³/mol. The number of rotatable bonds is 1. The van der Waals surface area contributed by atoms with Crippen molar-refractivity contribution < 1.29 is 4.74 Å². The lowest BCUT2D eigenvalue weighted by molar-refractivity contribution is 0.416. The molecule has 4 nitrogen and oxygen atoms in total. The Morgan fingerprint density at radius 1 is 1.40 bits per heavy atom. The van der Waals surface area contributed by atoms with Gasteiger partial charge in [0.15, 0.2) is 0 Å². The van der Waals surface area contributed by atoms with Gasteiger partial charge in [-0.3, -0.25) is 5.10 Å². The number of hydrogen-bond acceptors (Lipinski definition) is 3. The molecule has 0 amide bonds. The van der Waals surface area contributed by atoms with Crippen LogP contribution in [0.25, 0.3) is 11.3 Å². The molecule has 2 aromatic rings. The van der Waals surface area contributed by atoms with Crippen LogP contribution in [0.2, 0.25) is 0 Å². The Morgan fingerprint density at radius 2 is 2.33 bits per heavy atom. The number of nitrogens with one attached hydrogen (secondary N) is 2. The number of benzene rings is 1. The van der Waals surface area contributed by atoms with Crippen LogP contribution in [0, 0.1) is 0 Å². The fourth-order valence-electron chi connectivity index (χ4n) is 1.96. The van der Waals surface area contributed by atoms with Crippen molar-refractivity contribution in [3.8, 4) is 17.0 Å². The lowest BCUT2D eigenvalue weighted by Gasteiger charge is -2.19. The highest BCUT2D eigenvalue weighted by Gasteiger charge is 2.20. The lowest BCUT2D eigenvalue weighted by atomic mass is 10.0. The summed E-state index contributed by atoms with van der Waals surface area (Å²) in [5.74, 6) is 0.866. The predicted octanol–water partition coefficient (Wildman–Crippen LogP) is 2.01. The fourth-order valence-corrected chi connectivity index (χ4v) is 1.96. The Balaban J connectivity index is 2.29. The maximum absolute atomic E-state index is 5.35. The van der Waals surface area contributed by atoms with E-state index in [9.17, 15) is 0 Å². The van der Waals surface area contributed by atoms with Crippen molar-refractivity contribution in [1.82, 2.24) is 10.2 Å². The van der Waals surface area contributed by atoms with E-state index in [1.807, 2.05) is 24.4 Å². The minimum Gasteiger partial charge on any atom is -0.496 e. The molecule has 1 aliphatic rings. The summed E-state index contributed by atoms with van der Waals surface area (Å²) in [5.41, 5.74) is 4.39. The van der Waals surface area contributed by atoms with Gasteiger partial charge in [0.05, 0.1) is 24.6 Å². The molecule has 15 heavy (non-hydrogen) atoms. The van der Waals surface area contributed by atoms with Crippen molar-refractivity contribution in [3.63, 3.8) is 0 Å². The van der Waals surface area contributed by atoms with Crippen LogP contribution < -0.4 is 10.1 Å². The quantitative estimate of drug-likeness (QED) is 0.742. The smallest absolute Gasteiger partial charge is 0.130 e. The van der Waals surface area contributed by atoms with Crippen LogP contribution in [-0.2, 0) is 6.54 Å². The number of fused-ring (bicyclic) bond motifs is 3. The van der Waals surface area contributed by atoms with Gasteiger partial charge in [-0.2, -0.15) is 5.10 Å². The molecule has 4 heteroatoms. The Morgan fingerprint density at radius 3 is 3.20 bits per heavy atom. The summed E-state index contributed by atoms with van der Waals surface area (Å²) >= 11 is 0. The third kappa shape index (κ3) is 1.11.